The summed E-state index contributed by atoms with van der Waals surface area (Å²) in [6, 6.07) is 13.5. The molecule has 0 bridgehead atoms. The average molecular weight is 513 g/mol. The second-order valence-electron chi connectivity index (χ2n) is 9.02. The van der Waals surface area contributed by atoms with Gasteiger partial charge in [-0.05, 0) is 36.4 Å². The zero-order chi connectivity index (χ0) is 26.0. The van der Waals surface area contributed by atoms with Crippen molar-refractivity contribution in [1.82, 2.24) is 14.9 Å². The average Bonchev–Trinajstić information content (AvgIpc) is 2.89. The van der Waals surface area contributed by atoms with Crippen molar-refractivity contribution in [3.05, 3.63) is 65.9 Å². The molecule has 1 aromatic carbocycles. The number of urea groups is 1. The quantitative estimate of drug-likeness (QED) is 0.556. The Hall–Kier alpha value is -3.70. The van der Waals surface area contributed by atoms with Gasteiger partial charge in [-0.3, -0.25) is 15.1 Å². The maximum Gasteiger partial charge on any atom is 0.416 e. The minimum Gasteiger partial charge on any atom is -0.379 e. The number of hydrogen-bond donors (Lipinski definition) is 1. The SMILES string of the molecule is CN1CCN(C(=O)Nc2cccc(CN3CCOCC3)n2)c2nc(-c3cccc(C(F)(F)F)c3)ccc21. The Morgan fingerprint density at radius 2 is 1.78 bits per heavy atom. The molecule has 3 aromatic rings. The summed E-state index contributed by atoms with van der Waals surface area (Å²) >= 11 is 0. The number of alkyl halides is 3. The smallest absolute Gasteiger partial charge is 0.379 e. The third kappa shape index (κ3) is 5.67. The van der Waals surface area contributed by atoms with E-state index >= 15 is 0 Å². The first-order valence-electron chi connectivity index (χ1n) is 12.0. The zero-order valence-electron chi connectivity index (χ0n) is 20.3. The van der Waals surface area contributed by atoms with Gasteiger partial charge in [-0.1, -0.05) is 18.2 Å². The maximum atomic E-state index is 13.3. The lowest BCUT2D eigenvalue weighted by atomic mass is 10.1. The van der Waals surface area contributed by atoms with Gasteiger partial charge in [0.1, 0.15) is 5.82 Å². The van der Waals surface area contributed by atoms with E-state index in [9.17, 15) is 18.0 Å². The van der Waals surface area contributed by atoms with Crippen LogP contribution in [0.25, 0.3) is 11.3 Å². The molecule has 11 heteroatoms. The Bertz CT molecular complexity index is 1280. The van der Waals surface area contributed by atoms with Crippen LogP contribution in [0.1, 0.15) is 11.3 Å². The van der Waals surface area contributed by atoms with E-state index in [1.165, 1.54) is 11.0 Å². The molecule has 0 atom stereocenters. The third-order valence-corrected chi connectivity index (χ3v) is 6.44. The number of halogens is 3. The minimum atomic E-state index is -4.46. The van der Waals surface area contributed by atoms with Crippen LogP contribution in [0.5, 0.6) is 0 Å². The summed E-state index contributed by atoms with van der Waals surface area (Å²) in [6.45, 7) is 4.64. The van der Waals surface area contributed by atoms with Crippen LogP contribution < -0.4 is 15.1 Å². The van der Waals surface area contributed by atoms with E-state index in [0.29, 0.717) is 61.4 Å². The molecule has 0 saturated carbocycles. The number of pyridine rings is 2. The maximum absolute atomic E-state index is 13.3. The van der Waals surface area contributed by atoms with Crippen LogP contribution in [0.4, 0.5) is 35.3 Å². The number of fused-ring (bicyclic) bond motifs is 1. The zero-order valence-corrected chi connectivity index (χ0v) is 20.3. The predicted molar refractivity (Wildman–Crippen MR) is 135 cm³/mol. The van der Waals surface area contributed by atoms with Crippen molar-refractivity contribution in [3.63, 3.8) is 0 Å². The Labute approximate surface area is 212 Å². The summed E-state index contributed by atoms with van der Waals surface area (Å²) in [5.74, 6) is 0.802. The highest BCUT2D eigenvalue weighted by Crippen LogP contribution is 2.35. The van der Waals surface area contributed by atoms with Gasteiger partial charge in [0.2, 0.25) is 0 Å². The minimum absolute atomic E-state index is 0.323. The number of anilines is 3. The van der Waals surface area contributed by atoms with E-state index < -0.39 is 17.8 Å². The van der Waals surface area contributed by atoms with E-state index in [0.717, 1.165) is 30.9 Å². The fraction of sp³-hybridized carbons (Fsp3) is 0.346. The molecule has 4 heterocycles. The number of likely N-dealkylation sites (N-methyl/N-ethyl adjacent to an activating group) is 1. The van der Waals surface area contributed by atoms with Crippen LogP contribution in [-0.4, -0.2) is 67.3 Å². The molecule has 1 saturated heterocycles. The molecule has 2 amide bonds. The van der Waals surface area contributed by atoms with Gasteiger partial charge in [0, 0.05) is 45.3 Å². The van der Waals surface area contributed by atoms with Crippen molar-refractivity contribution < 1.29 is 22.7 Å². The summed E-state index contributed by atoms with van der Waals surface area (Å²) in [4.78, 5) is 28.2. The van der Waals surface area contributed by atoms with Gasteiger partial charge in [0.25, 0.3) is 0 Å². The lowest BCUT2D eigenvalue weighted by Crippen LogP contribution is -2.45. The van der Waals surface area contributed by atoms with Gasteiger partial charge in [0.15, 0.2) is 5.82 Å². The van der Waals surface area contributed by atoms with Gasteiger partial charge in [0.05, 0.1) is 35.9 Å². The van der Waals surface area contributed by atoms with E-state index in [1.54, 1.807) is 24.3 Å². The van der Waals surface area contributed by atoms with Gasteiger partial charge in [-0.25, -0.2) is 14.8 Å². The number of rotatable bonds is 4. The molecule has 0 aliphatic carbocycles. The first-order valence-corrected chi connectivity index (χ1v) is 12.0. The van der Waals surface area contributed by atoms with Gasteiger partial charge < -0.3 is 9.64 Å². The molecule has 1 fully saturated rings. The van der Waals surface area contributed by atoms with Crippen LogP contribution in [0.3, 0.4) is 0 Å². The number of carbonyl (C=O) groups excluding carboxylic acids is 1. The Morgan fingerprint density at radius 1 is 1.00 bits per heavy atom. The molecule has 2 aliphatic heterocycles. The van der Waals surface area contributed by atoms with E-state index in [2.05, 4.69) is 20.2 Å². The molecule has 8 nitrogen and oxygen atoms in total. The Kier molecular flexibility index (Phi) is 6.98. The highest BCUT2D eigenvalue weighted by molar-refractivity contribution is 6.03. The lowest BCUT2D eigenvalue weighted by Gasteiger charge is -2.34. The highest BCUT2D eigenvalue weighted by Gasteiger charge is 2.31. The summed E-state index contributed by atoms with van der Waals surface area (Å²) < 4.78 is 45.1. The van der Waals surface area contributed by atoms with Crippen molar-refractivity contribution in [2.75, 3.05) is 61.6 Å². The number of benzene rings is 1. The molecule has 5 rings (SSSR count). The number of hydrogen-bond acceptors (Lipinski definition) is 6. The molecule has 2 aliphatic rings. The standard InChI is InChI=1S/C26H27F3N6O2/c1-33-10-11-35(25(36)32-23-7-3-6-20(30-23)17-34-12-14-37-15-13-34)24-22(33)9-8-21(31-24)18-4-2-5-19(16-18)26(27,28)29/h2-9,16H,10-15,17H2,1H3,(H,30,32,36). The van der Waals surface area contributed by atoms with Gasteiger partial charge in [-0.2, -0.15) is 13.2 Å². The summed E-state index contributed by atoms with van der Waals surface area (Å²) in [6.07, 6.45) is -4.46. The Balaban J connectivity index is 1.38. The molecule has 0 unspecified atom stereocenters. The molecule has 194 valence electrons. The number of ether oxygens (including phenoxy) is 1. The molecule has 2 aromatic heterocycles. The third-order valence-electron chi connectivity index (χ3n) is 6.44. The fourth-order valence-corrected chi connectivity index (χ4v) is 4.43. The normalized spacial score (nSPS) is 16.4. The molecule has 0 spiro atoms. The van der Waals surface area contributed by atoms with Crippen LogP contribution in [-0.2, 0) is 17.5 Å². The van der Waals surface area contributed by atoms with Crippen molar-refractivity contribution in [2.24, 2.45) is 0 Å². The number of nitrogens with zero attached hydrogens (tertiary/aromatic N) is 5. The summed E-state index contributed by atoms with van der Waals surface area (Å²) in [7, 11) is 1.89. The van der Waals surface area contributed by atoms with E-state index in [4.69, 9.17) is 4.74 Å². The summed E-state index contributed by atoms with van der Waals surface area (Å²) in [5, 5.41) is 2.86. The van der Waals surface area contributed by atoms with E-state index in [-0.39, 0.29) is 0 Å². The number of aromatic nitrogens is 2. The number of nitrogens with one attached hydrogen (secondary N) is 1. The largest absolute Gasteiger partial charge is 0.416 e. The molecule has 1 N–H and O–H groups in total. The molecule has 37 heavy (non-hydrogen) atoms. The fourth-order valence-electron chi connectivity index (χ4n) is 4.43. The molecule has 0 radical (unpaired) electrons. The van der Waals surface area contributed by atoms with Gasteiger partial charge >= 0.3 is 12.2 Å². The number of amides is 2. The molecular formula is C26H27F3N6O2. The van der Waals surface area contributed by atoms with Crippen molar-refractivity contribution in [3.8, 4) is 11.3 Å². The second-order valence-corrected chi connectivity index (χ2v) is 9.02. The topological polar surface area (TPSA) is 73.8 Å². The first kappa shape index (κ1) is 25.0. The van der Waals surface area contributed by atoms with Crippen LogP contribution >= 0.6 is 0 Å². The Morgan fingerprint density at radius 3 is 2.57 bits per heavy atom. The molecular weight excluding hydrogens is 485 g/mol. The van der Waals surface area contributed by atoms with Crippen LogP contribution in [0.2, 0.25) is 0 Å². The lowest BCUT2D eigenvalue weighted by molar-refractivity contribution is -0.137. The summed E-state index contributed by atoms with van der Waals surface area (Å²) in [5.41, 5.74) is 1.47. The van der Waals surface area contributed by atoms with Crippen molar-refractivity contribution in [2.45, 2.75) is 12.7 Å². The number of carbonyl (C=O) groups is 1. The predicted octanol–water partition coefficient (Wildman–Crippen LogP) is 4.48. The van der Waals surface area contributed by atoms with E-state index in [1.807, 2.05) is 24.1 Å². The van der Waals surface area contributed by atoms with Crippen LogP contribution in [0, 0.1) is 0 Å². The van der Waals surface area contributed by atoms with Crippen LogP contribution in [0.15, 0.2) is 54.6 Å². The van der Waals surface area contributed by atoms with Crippen molar-refractivity contribution >= 4 is 23.4 Å². The highest BCUT2D eigenvalue weighted by atomic mass is 19.4. The second kappa shape index (κ2) is 10.3. The monoisotopic (exact) mass is 512 g/mol. The van der Waals surface area contributed by atoms with Gasteiger partial charge in [-0.15, -0.1) is 0 Å². The first-order chi connectivity index (χ1) is 17.8. The number of morpholine rings is 1. The van der Waals surface area contributed by atoms with Crippen molar-refractivity contribution in [1.29, 1.82) is 0 Å².